The largest absolute Gasteiger partial charge is 0.358 e. The van der Waals surface area contributed by atoms with Gasteiger partial charge in [-0.25, -0.2) is 0 Å². The molecule has 0 unspecified atom stereocenters. The van der Waals surface area contributed by atoms with Crippen LogP contribution in [-0.2, 0) is 0 Å². The van der Waals surface area contributed by atoms with Gasteiger partial charge in [0.25, 0.3) is 0 Å². The molecule has 0 aliphatic heterocycles. The van der Waals surface area contributed by atoms with Crippen LogP contribution in [0.1, 0.15) is 16.8 Å². The maximum absolute atomic E-state index is 5.15. The molecule has 0 saturated carbocycles. The standard InChI is InChI=1S/C11H13N3/c1-7-8(2)14-11-9(6-13-12)4-3-5-10(7)11/h3-6,14H,12H2,1-2H3. The van der Waals surface area contributed by atoms with Crippen molar-refractivity contribution in [1.82, 2.24) is 4.98 Å². The maximum Gasteiger partial charge on any atom is 0.0559 e. The Bertz CT molecular complexity index is 494. The van der Waals surface area contributed by atoms with Gasteiger partial charge in [-0.05, 0) is 19.4 Å². The molecule has 2 aromatic rings. The Morgan fingerprint density at radius 3 is 2.86 bits per heavy atom. The van der Waals surface area contributed by atoms with Crippen molar-refractivity contribution in [2.45, 2.75) is 13.8 Å². The van der Waals surface area contributed by atoms with Crippen LogP contribution in [-0.4, -0.2) is 11.2 Å². The summed E-state index contributed by atoms with van der Waals surface area (Å²) in [4.78, 5) is 3.33. The van der Waals surface area contributed by atoms with Crippen LogP contribution in [0.5, 0.6) is 0 Å². The van der Waals surface area contributed by atoms with Crippen LogP contribution in [0.3, 0.4) is 0 Å². The molecular weight excluding hydrogens is 174 g/mol. The van der Waals surface area contributed by atoms with E-state index in [-0.39, 0.29) is 0 Å². The Hall–Kier alpha value is -1.77. The third-order valence-electron chi connectivity index (χ3n) is 2.59. The minimum absolute atomic E-state index is 1.03. The van der Waals surface area contributed by atoms with Gasteiger partial charge < -0.3 is 10.8 Å². The highest BCUT2D eigenvalue weighted by Gasteiger charge is 2.05. The van der Waals surface area contributed by atoms with Crippen molar-refractivity contribution in [3.63, 3.8) is 0 Å². The minimum atomic E-state index is 1.03. The summed E-state index contributed by atoms with van der Waals surface area (Å²) in [6.45, 7) is 4.18. The van der Waals surface area contributed by atoms with E-state index in [1.165, 1.54) is 16.6 Å². The van der Waals surface area contributed by atoms with Gasteiger partial charge in [0.1, 0.15) is 0 Å². The molecule has 72 valence electrons. The quantitative estimate of drug-likeness (QED) is 0.401. The molecule has 3 N–H and O–H groups in total. The topological polar surface area (TPSA) is 54.2 Å². The molecule has 0 radical (unpaired) electrons. The van der Waals surface area contributed by atoms with E-state index >= 15 is 0 Å². The number of benzene rings is 1. The van der Waals surface area contributed by atoms with Crippen LogP contribution in [0.2, 0.25) is 0 Å². The van der Waals surface area contributed by atoms with Gasteiger partial charge in [-0.1, -0.05) is 18.2 Å². The summed E-state index contributed by atoms with van der Waals surface area (Å²) in [6.07, 6.45) is 1.66. The lowest BCUT2D eigenvalue weighted by Crippen LogP contribution is -1.87. The number of nitrogens with two attached hydrogens (primary N) is 1. The number of hydrogen-bond donors (Lipinski definition) is 2. The van der Waals surface area contributed by atoms with Crippen molar-refractivity contribution in [2.75, 3.05) is 0 Å². The predicted octanol–water partition coefficient (Wildman–Crippen LogP) is 2.08. The molecule has 1 heterocycles. The van der Waals surface area contributed by atoms with Gasteiger partial charge in [-0.15, -0.1) is 0 Å². The van der Waals surface area contributed by atoms with Crippen molar-refractivity contribution in [2.24, 2.45) is 10.9 Å². The van der Waals surface area contributed by atoms with E-state index in [1.54, 1.807) is 6.21 Å². The number of nitrogens with one attached hydrogen (secondary N) is 1. The molecule has 0 fully saturated rings. The Morgan fingerprint density at radius 2 is 2.14 bits per heavy atom. The molecule has 0 atom stereocenters. The second-order valence-electron chi connectivity index (χ2n) is 3.42. The molecule has 3 heteroatoms. The molecule has 0 bridgehead atoms. The van der Waals surface area contributed by atoms with E-state index in [0.717, 1.165) is 11.1 Å². The Labute approximate surface area is 82.6 Å². The first-order valence-electron chi connectivity index (χ1n) is 4.55. The molecule has 0 spiro atoms. The van der Waals surface area contributed by atoms with Crippen LogP contribution in [0.25, 0.3) is 10.9 Å². The highest BCUT2D eigenvalue weighted by Crippen LogP contribution is 2.22. The number of aromatic amines is 1. The molecule has 2 rings (SSSR count). The van der Waals surface area contributed by atoms with Crippen molar-refractivity contribution in [3.05, 3.63) is 35.0 Å². The van der Waals surface area contributed by atoms with E-state index in [4.69, 9.17) is 5.84 Å². The maximum atomic E-state index is 5.15. The van der Waals surface area contributed by atoms with Gasteiger partial charge in [-0.2, -0.15) is 5.10 Å². The first-order chi connectivity index (χ1) is 6.74. The first kappa shape index (κ1) is 8.81. The van der Waals surface area contributed by atoms with E-state index in [0.29, 0.717) is 0 Å². The van der Waals surface area contributed by atoms with Crippen LogP contribution in [0.4, 0.5) is 0 Å². The van der Waals surface area contributed by atoms with Crippen molar-refractivity contribution >= 4 is 17.1 Å². The Kier molecular flexibility index (Phi) is 2.00. The molecule has 0 amide bonds. The Balaban J connectivity index is 2.81. The minimum Gasteiger partial charge on any atom is -0.358 e. The van der Waals surface area contributed by atoms with E-state index in [1.807, 2.05) is 12.1 Å². The van der Waals surface area contributed by atoms with Gasteiger partial charge in [-0.3, -0.25) is 0 Å². The summed E-state index contributed by atoms with van der Waals surface area (Å²) in [7, 11) is 0. The number of hydrogen-bond acceptors (Lipinski definition) is 2. The number of aromatic nitrogens is 1. The van der Waals surface area contributed by atoms with Gasteiger partial charge in [0.05, 0.1) is 11.7 Å². The summed E-state index contributed by atoms with van der Waals surface area (Å²) < 4.78 is 0. The summed E-state index contributed by atoms with van der Waals surface area (Å²) in [5.41, 5.74) is 4.61. The summed E-state index contributed by atoms with van der Waals surface area (Å²) in [6, 6.07) is 6.11. The molecular formula is C11H13N3. The fourth-order valence-electron chi connectivity index (χ4n) is 1.69. The van der Waals surface area contributed by atoms with Crippen LogP contribution >= 0.6 is 0 Å². The number of fused-ring (bicyclic) bond motifs is 1. The average molecular weight is 187 g/mol. The van der Waals surface area contributed by atoms with Crippen LogP contribution in [0.15, 0.2) is 23.3 Å². The van der Waals surface area contributed by atoms with Gasteiger partial charge in [0, 0.05) is 16.6 Å². The van der Waals surface area contributed by atoms with Gasteiger partial charge in [0.15, 0.2) is 0 Å². The molecule has 3 nitrogen and oxygen atoms in total. The number of nitrogens with zero attached hydrogens (tertiary/aromatic N) is 1. The lowest BCUT2D eigenvalue weighted by atomic mass is 10.1. The van der Waals surface area contributed by atoms with Crippen molar-refractivity contribution in [1.29, 1.82) is 0 Å². The number of para-hydroxylation sites is 1. The van der Waals surface area contributed by atoms with E-state index in [2.05, 4.69) is 30.0 Å². The zero-order chi connectivity index (χ0) is 10.1. The molecule has 1 aromatic carbocycles. The zero-order valence-corrected chi connectivity index (χ0v) is 8.33. The number of aryl methyl sites for hydroxylation is 2. The third kappa shape index (κ3) is 1.18. The SMILES string of the molecule is Cc1[nH]c2c(C=NN)cccc2c1C. The third-order valence-corrected chi connectivity index (χ3v) is 2.59. The predicted molar refractivity (Wildman–Crippen MR) is 59.6 cm³/mol. The van der Waals surface area contributed by atoms with Gasteiger partial charge in [0.2, 0.25) is 0 Å². The zero-order valence-electron chi connectivity index (χ0n) is 8.33. The molecule has 0 aliphatic rings. The van der Waals surface area contributed by atoms with E-state index < -0.39 is 0 Å². The number of hydrazone groups is 1. The highest BCUT2D eigenvalue weighted by atomic mass is 15.1. The fraction of sp³-hybridized carbons (Fsp3) is 0.182. The summed E-state index contributed by atoms with van der Waals surface area (Å²) >= 11 is 0. The van der Waals surface area contributed by atoms with Crippen molar-refractivity contribution < 1.29 is 0 Å². The molecule has 0 aliphatic carbocycles. The molecule has 1 aromatic heterocycles. The number of rotatable bonds is 1. The van der Waals surface area contributed by atoms with Crippen LogP contribution < -0.4 is 5.84 Å². The molecule has 14 heavy (non-hydrogen) atoms. The van der Waals surface area contributed by atoms with E-state index in [9.17, 15) is 0 Å². The lowest BCUT2D eigenvalue weighted by molar-refractivity contribution is 1.25. The normalized spacial score (nSPS) is 11.6. The molecule has 0 saturated heterocycles. The highest BCUT2D eigenvalue weighted by molar-refractivity contribution is 5.99. The summed E-state index contributed by atoms with van der Waals surface area (Å²) in [5, 5.41) is 4.79. The van der Waals surface area contributed by atoms with Crippen LogP contribution in [0, 0.1) is 13.8 Å². The Morgan fingerprint density at radius 1 is 1.36 bits per heavy atom. The van der Waals surface area contributed by atoms with Gasteiger partial charge >= 0.3 is 0 Å². The average Bonchev–Trinajstić information content (AvgIpc) is 2.46. The second kappa shape index (κ2) is 3.18. The fourth-order valence-corrected chi connectivity index (χ4v) is 1.69. The monoisotopic (exact) mass is 187 g/mol. The first-order valence-corrected chi connectivity index (χ1v) is 4.55. The lowest BCUT2D eigenvalue weighted by Gasteiger charge is -1.95. The second-order valence-corrected chi connectivity index (χ2v) is 3.42. The van der Waals surface area contributed by atoms with Crippen molar-refractivity contribution in [3.8, 4) is 0 Å². The summed E-state index contributed by atoms with van der Waals surface area (Å²) in [5.74, 6) is 5.15. The number of H-pyrrole nitrogens is 1. The smallest absolute Gasteiger partial charge is 0.0559 e.